The van der Waals surface area contributed by atoms with Crippen LogP contribution in [-0.4, -0.2) is 18.7 Å². The summed E-state index contributed by atoms with van der Waals surface area (Å²) in [5.74, 6) is 2.26. The molecule has 210 valence electrons. The molecule has 0 atom stereocenters. The molecule has 0 N–H and O–H groups in total. The number of aromatic nitrogens is 4. The molecular weight excluding hydrogens is 700 g/mol. The molecule has 42 heavy (non-hydrogen) atoms. The van der Waals surface area contributed by atoms with E-state index in [0.29, 0.717) is 20.8 Å². The van der Waals surface area contributed by atoms with Crippen molar-refractivity contribution in [2.45, 2.75) is 32.6 Å². The molecule has 3 heterocycles. The van der Waals surface area contributed by atoms with Gasteiger partial charge in [-0.1, -0.05) is 0 Å². The van der Waals surface area contributed by atoms with Crippen molar-refractivity contribution in [3.8, 4) is 23.0 Å². The number of hydrogen-bond donors (Lipinski definition) is 0. The van der Waals surface area contributed by atoms with Gasteiger partial charge < -0.3 is 0 Å². The monoisotopic (exact) mass is 732 g/mol. The molecule has 0 radical (unpaired) electrons. The number of hydrogen-bond acceptors (Lipinski definition) is 2. The summed E-state index contributed by atoms with van der Waals surface area (Å²) in [5.41, 5.74) is 8.54. The minimum absolute atomic E-state index is 0.590. The Bertz CT molecular complexity index is 2350. The van der Waals surface area contributed by atoms with Crippen molar-refractivity contribution in [3.05, 3.63) is 118 Å². The molecule has 6 heteroatoms. The summed E-state index contributed by atoms with van der Waals surface area (Å²) >= 11 is 2.10. The zero-order valence-corrected chi connectivity index (χ0v) is 25.4. The van der Waals surface area contributed by atoms with Gasteiger partial charge in [-0.3, -0.25) is 0 Å². The summed E-state index contributed by atoms with van der Waals surface area (Å²) in [4.78, 5) is 4.78. The van der Waals surface area contributed by atoms with Gasteiger partial charge in [-0.2, -0.15) is 0 Å². The van der Waals surface area contributed by atoms with Crippen molar-refractivity contribution < 1.29 is 28.2 Å². The van der Waals surface area contributed by atoms with Gasteiger partial charge in [0.1, 0.15) is 0 Å². The number of fused-ring (bicyclic) bond motifs is 5. The Hall–Kier alpha value is -4.21. The van der Waals surface area contributed by atoms with Gasteiger partial charge in [0.2, 0.25) is 0 Å². The number of rotatable bonds is 4. The maximum atomic E-state index is 8.16. The number of pyridine rings is 1. The number of benzene rings is 4. The summed E-state index contributed by atoms with van der Waals surface area (Å²) in [6, 6.07) is 30.5. The molecule has 0 saturated heterocycles. The zero-order valence-electron chi connectivity index (χ0n) is 26.1. The van der Waals surface area contributed by atoms with E-state index in [4.69, 9.17) is 13.8 Å². The zero-order chi connectivity index (χ0) is 30.9. The van der Waals surface area contributed by atoms with Crippen molar-refractivity contribution in [3.63, 3.8) is 0 Å². The maximum absolute atomic E-state index is 8.16. The summed E-state index contributed by atoms with van der Waals surface area (Å²) in [7, 11) is 0. The predicted molar refractivity (Wildman–Crippen MR) is 166 cm³/mol. The van der Waals surface area contributed by atoms with Crippen LogP contribution in [0.15, 0.2) is 97.2 Å². The van der Waals surface area contributed by atoms with Crippen LogP contribution < -0.4 is 4.74 Å². The van der Waals surface area contributed by atoms with E-state index in [1.165, 1.54) is 44.8 Å². The van der Waals surface area contributed by atoms with Crippen molar-refractivity contribution in [1.29, 1.82) is 0 Å². The quantitative estimate of drug-likeness (QED) is 0.182. The normalized spacial score (nSPS) is 14.6. The van der Waals surface area contributed by atoms with Crippen LogP contribution in [0.3, 0.4) is 0 Å². The molecular formula is C36H30N4OPt. The van der Waals surface area contributed by atoms with E-state index < -0.39 is 6.98 Å². The number of para-hydroxylation sites is 2. The predicted octanol–water partition coefficient (Wildman–Crippen LogP) is 8.52. The molecule has 8 rings (SSSR count). The second kappa shape index (κ2) is 9.96. The van der Waals surface area contributed by atoms with E-state index in [-0.39, 0.29) is 0 Å². The molecule has 0 spiro atoms. The summed E-state index contributed by atoms with van der Waals surface area (Å²) < 4.78 is 37.2. The minimum atomic E-state index is -2.31. The second-order valence-electron chi connectivity index (χ2n) is 11.1. The fourth-order valence-corrected chi connectivity index (χ4v) is 7.21. The molecule has 3 aromatic heterocycles. The summed E-state index contributed by atoms with van der Waals surface area (Å²) in [6.07, 6.45) is 6.57. The number of nitrogens with zero attached hydrogens (tertiary/aromatic N) is 4. The molecule has 1 aliphatic carbocycles. The molecule has 0 unspecified atom stereocenters. The molecule has 0 amide bonds. The molecule has 1 aliphatic rings. The van der Waals surface area contributed by atoms with Gasteiger partial charge >= 0.3 is 198 Å². The Morgan fingerprint density at radius 3 is 2.36 bits per heavy atom. The van der Waals surface area contributed by atoms with E-state index in [1.54, 1.807) is 0 Å². The summed E-state index contributed by atoms with van der Waals surface area (Å²) in [5, 5.41) is 2.41. The standard InChI is InChI=1S/C36H30N4O.Pt/c1-24-16-17-37-36(18-24)40-34-20-26-9-4-3-8-25(26)19-31(34)30-15-14-29(22-35(30)40)41-28-11-7-10-27(21-28)39-23-38(2)32-12-5-6-13-33(32)39;/h5-7,10-22H,3-4,8-9H2,1-2H3;/i2D3;. The molecule has 5 nitrogen and oxygen atoms in total. The van der Waals surface area contributed by atoms with Crippen LogP contribution in [0.2, 0.25) is 0 Å². The first kappa shape index (κ1) is 22.4. The van der Waals surface area contributed by atoms with Crippen LogP contribution in [-0.2, 0) is 39.2 Å². The molecule has 4 aromatic carbocycles. The average Bonchev–Trinajstić information content (AvgIpc) is 3.50. The van der Waals surface area contributed by atoms with Crippen LogP contribution in [0.5, 0.6) is 11.5 Å². The summed E-state index contributed by atoms with van der Waals surface area (Å²) in [6.45, 7) is -0.216. The van der Waals surface area contributed by atoms with Crippen LogP contribution in [0.25, 0.3) is 44.3 Å². The van der Waals surface area contributed by atoms with Crippen molar-refractivity contribution in [2.24, 2.45) is 6.98 Å². The Morgan fingerprint density at radius 1 is 0.738 bits per heavy atom. The van der Waals surface area contributed by atoms with Gasteiger partial charge in [0.25, 0.3) is 0 Å². The molecule has 0 bridgehead atoms. The molecule has 0 aliphatic heterocycles. The van der Waals surface area contributed by atoms with Crippen molar-refractivity contribution in [1.82, 2.24) is 18.7 Å². The first-order chi connectivity index (χ1) is 21.8. The molecule has 0 fully saturated rings. The Morgan fingerprint density at radius 2 is 1.52 bits per heavy atom. The Balaban J connectivity index is 1.26. The van der Waals surface area contributed by atoms with Gasteiger partial charge in [-0.25, -0.2) is 0 Å². The average molecular weight is 733 g/mol. The Labute approximate surface area is 259 Å². The van der Waals surface area contributed by atoms with E-state index in [2.05, 4.69) is 61.2 Å². The van der Waals surface area contributed by atoms with Gasteiger partial charge in [0.15, 0.2) is 0 Å². The first-order valence-electron chi connectivity index (χ1n) is 15.8. The van der Waals surface area contributed by atoms with Crippen molar-refractivity contribution in [2.75, 3.05) is 0 Å². The third-order valence-electron chi connectivity index (χ3n) is 8.35. The van der Waals surface area contributed by atoms with E-state index >= 15 is 0 Å². The first-order valence-corrected chi connectivity index (χ1v) is 15.4. The van der Waals surface area contributed by atoms with Gasteiger partial charge in [0.05, 0.1) is 0 Å². The number of aryl methyl sites for hydroxylation is 4. The Kier molecular flexibility index (Phi) is 5.31. The number of imidazole rings is 1. The van der Waals surface area contributed by atoms with E-state index in [9.17, 15) is 0 Å². The second-order valence-corrected chi connectivity index (χ2v) is 12.1. The van der Waals surface area contributed by atoms with E-state index in [1.807, 2.05) is 71.4 Å². The number of ether oxygens (including phenoxy) is 1. The fraction of sp³-hybridized carbons (Fsp3) is 0.167. The van der Waals surface area contributed by atoms with Crippen LogP contribution in [0.1, 0.15) is 33.6 Å². The SMILES string of the molecule is [2H]C([2H])([2H])n1[c](=[Pt])n(-c2cccc(Oc3ccc4c5cc6c(cc5n(-c5cc(C)ccn5)c4c3)CCCC6)c2)c2ccccc21. The molecule has 0 saturated carbocycles. The van der Waals surface area contributed by atoms with Crippen LogP contribution in [0, 0.1) is 10.7 Å². The fourth-order valence-electron chi connectivity index (χ4n) is 6.37. The topological polar surface area (TPSA) is 36.9 Å². The van der Waals surface area contributed by atoms with E-state index in [0.717, 1.165) is 40.9 Å². The van der Waals surface area contributed by atoms with Gasteiger partial charge in [-0.15, -0.1) is 0 Å². The van der Waals surface area contributed by atoms with Crippen molar-refractivity contribution >= 4 is 32.8 Å². The van der Waals surface area contributed by atoms with Gasteiger partial charge in [-0.05, 0) is 55.4 Å². The van der Waals surface area contributed by atoms with Crippen LogP contribution in [0.4, 0.5) is 0 Å². The van der Waals surface area contributed by atoms with Crippen LogP contribution >= 0.6 is 0 Å². The third kappa shape index (κ3) is 4.10. The molecule has 7 aromatic rings. The third-order valence-corrected chi connectivity index (χ3v) is 9.36. The van der Waals surface area contributed by atoms with Gasteiger partial charge in [0, 0.05) is 6.20 Å².